The van der Waals surface area contributed by atoms with Gasteiger partial charge < -0.3 is 15.4 Å². The van der Waals surface area contributed by atoms with Crippen molar-refractivity contribution in [2.45, 2.75) is 65.8 Å². The third kappa shape index (κ3) is 8.32. The maximum Gasteiger partial charge on any atom is 0.328 e. The van der Waals surface area contributed by atoms with Gasteiger partial charge in [-0.1, -0.05) is 72.4 Å². The average Bonchev–Trinajstić information content (AvgIpc) is 3.57. The predicted octanol–water partition coefficient (Wildman–Crippen LogP) is 5.94. The minimum Gasteiger partial charge on any atom is -0.464 e. The molecule has 1 aliphatic heterocycles. The van der Waals surface area contributed by atoms with Gasteiger partial charge in [0, 0.05) is 31.0 Å². The molecule has 0 unspecified atom stereocenters. The van der Waals surface area contributed by atoms with Gasteiger partial charge in [-0.25, -0.2) is 21.6 Å². The van der Waals surface area contributed by atoms with Crippen LogP contribution in [0.4, 0.5) is 5.69 Å². The molecule has 1 aliphatic carbocycles. The normalized spacial score (nSPS) is 19.4. The Hall–Kier alpha value is -4.34. The van der Waals surface area contributed by atoms with Crippen LogP contribution in [0.15, 0.2) is 106 Å². The minimum atomic E-state index is -4.38. The van der Waals surface area contributed by atoms with E-state index < -0.39 is 49.7 Å². The van der Waals surface area contributed by atoms with Gasteiger partial charge in [-0.15, -0.1) is 0 Å². The number of carbonyl (C=O) groups excluding carboxylic acids is 3. The van der Waals surface area contributed by atoms with E-state index in [-0.39, 0.29) is 61.7 Å². The molecular formula is C38H38Cl2N4O8S2. The molecule has 2 heterocycles. The van der Waals surface area contributed by atoms with Crippen LogP contribution in [0.3, 0.4) is 0 Å². The van der Waals surface area contributed by atoms with Gasteiger partial charge in [0.2, 0.25) is 25.8 Å². The largest absolute Gasteiger partial charge is 0.464 e. The van der Waals surface area contributed by atoms with Gasteiger partial charge in [0.15, 0.2) is 0 Å². The van der Waals surface area contributed by atoms with Gasteiger partial charge in [-0.05, 0) is 79.6 Å². The molecule has 4 atom stereocenters. The second-order valence-corrected chi connectivity index (χ2v) is 17.8. The molecule has 6 rings (SSSR count). The van der Waals surface area contributed by atoms with Crippen molar-refractivity contribution in [1.29, 1.82) is 0 Å². The van der Waals surface area contributed by atoms with E-state index in [1.54, 1.807) is 49.4 Å². The molecule has 12 nitrogen and oxygen atoms in total. The number of nitrogens with one attached hydrogen (secondary N) is 2. The fourth-order valence-corrected chi connectivity index (χ4v) is 10.8. The SMILES string of the molecule is CCOC(=O)[C@H](Cc1ccc(NC(=O)c2c(Cl)cncc2Cl)cc1)NC(=O)[C@@H]1[C@@H]2CCCC[C@@H]2CN1S(=O)(=O)c1cccc(S(=O)(=O)c2ccccc2)c1. The lowest BCUT2D eigenvalue weighted by Gasteiger charge is -2.30. The number of ether oxygens (including phenoxy) is 1. The molecule has 0 radical (unpaired) electrons. The maximum absolute atomic E-state index is 14.4. The zero-order valence-electron chi connectivity index (χ0n) is 29.2. The minimum absolute atomic E-state index is 0.00771. The molecule has 4 aromatic rings. The summed E-state index contributed by atoms with van der Waals surface area (Å²) in [6.07, 6.45) is 5.67. The third-order valence-electron chi connectivity index (χ3n) is 9.76. The van der Waals surface area contributed by atoms with Crippen molar-refractivity contribution in [3.8, 4) is 0 Å². The van der Waals surface area contributed by atoms with E-state index in [2.05, 4.69) is 15.6 Å². The number of carbonyl (C=O) groups is 3. The number of aromatic nitrogens is 1. The van der Waals surface area contributed by atoms with Gasteiger partial charge >= 0.3 is 5.97 Å². The summed E-state index contributed by atoms with van der Waals surface area (Å²) in [5, 5.41) is 5.69. The summed E-state index contributed by atoms with van der Waals surface area (Å²) in [5.41, 5.74) is 1.10. The number of anilines is 1. The van der Waals surface area contributed by atoms with Crippen LogP contribution < -0.4 is 10.6 Å². The number of rotatable bonds is 12. The zero-order chi connectivity index (χ0) is 38.6. The molecule has 2 N–H and O–H groups in total. The molecule has 0 spiro atoms. The molecule has 0 bridgehead atoms. The highest BCUT2D eigenvalue weighted by atomic mass is 35.5. The standard InChI is InChI=1S/C38H38Cl2N4O8S2/c1-2-52-38(47)33(19-24-15-17-26(18-16-24)42-36(45)34-31(39)21-41-22-32(34)40)43-37(46)35-30-14-7-6-9-25(30)23-44(35)54(50,51)29-13-8-12-28(20-29)53(48,49)27-10-4-3-5-11-27/h3-5,8,10-13,15-18,20-22,25,30,33,35H,2,6-7,9,14,19,23H2,1H3,(H,42,45)(H,43,46)/t25-,30-,33+,35+/m1/s1. The Bertz CT molecular complexity index is 2240. The molecule has 284 valence electrons. The van der Waals surface area contributed by atoms with Crippen LogP contribution in [0.5, 0.6) is 0 Å². The Morgan fingerprint density at radius 2 is 1.52 bits per heavy atom. The van der Waals surface area contributed by atoms with Crippen molar-refractivity contribution in [3.05, 3.63) is 112 Å². The number of halogens is 2. The zero-order valence-corrected chi connectivity index (χ0v) is 32.3. The highest BCUT2D eigenvalue weighted by Crippen LogP contribution is 2.43. The molecule has 3 aromatic carbocycles. The van der Waals surface area contributed by atoms with Crippen molar-refractivity contribution in [3.63, 3.8) is 0 Å². The van der Waals surface area contributed by atoms with Crippen LogP contribution >= 0.6 is 23.2 Å². The van der Waals surface area contributed by atoms with Crippen LogP contribution in [0.25, 0.3) is 0 Å². The van der Waals surface area contributed by atoms with Crippen molar-refractivity contribution in [1.82, 2.24) is 14.6 Å². The Kier molecular flexibility index (Phi) is 12.1. The average molecular weight is 814 g/mol. The van der Waals surface area contributed by atoms with E-state index in [0.717, 1.165) is 29.6 Å². The van der Waals surface area contributed by atoms with Crippen molar-refractivity contribution < 1.29 is 36.0 Å². The van der Waals surface area contributed by atoms with Crippen molar-refractivity contribution >= 4 is 66.5 Å². The summed E-state index contributed by atoms with van der Waals surface area (Å²) in [6.45, 7) is 1.76. The first-order chi connectivity index (χ1) is 25.8. The Labute approximate surface area is 324 Å². The molecule has 2 fully saturated rings. The fourth-order valence-electron chi connectivity index (χ4n) is 7.16. The summed E-state index contributed by atoms with van der Waals surface area (Å²) in [5.74, 6) is -2.29. The lowest BCUT2D eigenvalue weighted by molar-refractivity contribution is -0.147. The van der Waals surface area contributed by atoms with Crippen LogP contribution in [-0.4, -0.2) is 69.1 Å². The van der Waals surface area contributed by atoms with E-state index in [1.165, 1.54) is 42.7 Å². The van der Waals surface area contributed by atoms with E-state index in [0.29, 0.717) is 17.7 Å². The first-order valence-electron chi connectivity index (χ1n) is 17.4. The van der Waals surface area contributed by atoms with Crippen molar-refractivity contribution in [2.24, 2.45) is 11.8 Å². The van der Waals surface area contributed by atoms with Crippen LogP contribution in [-0.2, 0) is 40.6 Å². The van der Waals surface area contributed by atoms with E-state index >= 15 is 0 Å². The molecule has 2 amide bonds. The number of fused-ring (bicyclic) bond motifs is 1. The Morgan fingerprint density at radius 3 is 2.20 bits per heavy atom. The summed E-state index contributed by atoms with van der Waals surface area (Å²) in [4.78, 5) is 43.8. The summed E-state index contributed by atoms with van der Waals surface area (Å²) < 4.78 is 62.0. The number of esters is 1. The molecule has 1 saturated heterocycles. The summed E-state index contributed by atoms with van der Waals surface area (Å²) in [6, 6.07) is 17.1. The lowest BCUT2D eigenvalue weighted by atomic mass is 9.78. The highest BCUT2D eigenvalue weighted by Gasteiger charge is 2.51. The second kappa shape index (κ2) is 16.6. The highest BCUT2D eigenvalue weighted by molar-refractivity contribution is 7.91. The van der Waals surface area contributed by atoms with Crippen LogP contribution in [0.1, 0.15) is 48.5 Å². The number of benzene rings is 3. The summed E-state index contributed by atoms with van der Waals surface area (Å²) >= 11 is 12.2. The summed E-state index contributed by atoms with van der Waals surface area (Å²) in [7, 11) is -8.41. The predicted molar refractivity (Wildman–Crippen MR) is 202 cm³/mol. The van der Waals surface area contributed by atoms with Gasteiger partial charge in [0.25, 0.3) is 5.91 Å². The molecule has 2 aliphatic rings. The molecule has 16 heteroatoms. The lowest BCUT2D eigenvalue weighted by Crippen LogP contribution is -2.53. The van der Waals surface area contributed by atoms with E-state index in [9.17, 15) is 31.2 Å². The van der Waals surface area contributed by atoms with E-state index in [4.69, 9.17) is 27.9 Å². The molecule has 1 aromatic heterocycles. The Morgan fingerprint density at radius 1 is 0.870 bits per heavy atom. The number of nitrogens with zero attached hydrogens (tertiary/aromatic N) is 2. The smallest absolute Gasteiger partial charge is 0.328 e. The van der Waals surface area contributed by atoms with E-state index in [1.807, 2.05) is 0 Å². The number of amides is 2. The van der Waals surface area contributed by atoms with Gasteiger partial charge in [0.05, 0.1) is 36.9 Å². The number of sulfonamides is 1. The Balaban J connectivity index is 1.24. The molecular weight excluding hydrogens is 775 g/mol. The topological polar surface area (TPSA) is 169 Å². The quantitative estimate of drug-likeness (QED) is 0.165. The second-order valence-electron chi connectivity index (χ2n) is 13.2. The van der Waals surface area contributed by atoms with Gasteiger partial charge in [-0.3, -0.25) is 14.6 Å². The number of hydrogen-bond donors (Lipinski definition) is 2. The number of sulfone groups is 1. The van der Waals surface area contributed by atoms with Crippen molar-refractivity contribution in [2.75, 3.05) is 18.5 Å². The fraction of sp³-hybridized carbons (Fsp3) is 0.316. The monoisotopic (exact) mass is 812 g/mol. The van der Waals surface area contributed by atoms with Crippen LogP contribution in [0.2, 0.25) is 10.0 Å². The van der Waals surface area contributed by atoms with Gasteiger partial charge in [0.1, 0.15) is 12.1 Å². The third-order valence-corrected chi connectivity index (χ3v) is 13.9. The number of hydrogen-bond acceptors (Lipinski definition) is 9. The first-order valence-corrected chi connectivity index (χ1v) is 21.1. The molecule has 1 saturated carbocycles. The first kappa shape index (κ1) is 39.4. The van der Waals surface area contributed by atoms with Crippen LogP contribution in [0, 0.1) is 11.8 Å². The van der Waals surface area contributed by atoms with Gasteiger partial charge in [-0.2, -0.15) is 4.31 Å². The maximum atomic E-state index is 14.4. The number of pyridine rings is 1. The molecule has 54 heavy (non-hydrogen) atoms.